The number of pyridine rings is 1. The van der Waals surface area contributed by atoms with Crippen molar-refractivity contribution in [2.45, 2.75) is 19.8 Å². The van der Waals surface area contributed by atoms with Gasteiger partial charge in [0.1, 0.15) is 5.69 Å². The summed E-state index contributed by atoms with van der Waals surface area (Å²) in [6.45, 7) is 6.00. The Balaban J connectivity index is 1.99. The molecule has 5 nitrogen and oxygen atoms in total. The minimum atomic E-state index is -0.0939. The molecule has 1 N–H and O–H groups in total. The molecule has 0 bridgehead atoms. The van der Waals surface area contributed by atoms with Crippen LogP contribution in [0, 0.1) is 0 Å². The van der Waals surface area contributed by atoms with Gasteiger partial charge in [0.2, 0.25) is 0 Å². The van der Waals surface area contributed by atoms with Gasteiger partial charge in [-0.05, 0) is 18.6 Å². The predicted molar refractivity (Wildman–Crippen MR) is 74.5 cm³/mol. The molecule has 0 unspecified atom stereocenters. The lowest BCUT2D eigenvalue weighted by Gasteiger charge is -2.28. The van der Waals surface area contributed by atoms with Gasteiger partial charge in [0.25, 0.3) is 5.91 Å². The zero-order valence-corrected chi connectivity index (χ0v) is 11.4. The average molecular weight is 263 g/mol. The molecule has 2 rings (SSSR count). The molecule has 2 heterocycles. The van der Waals surface area contributed by atoms with Gasteiger partial charge in [-0.15, -0.1) is 0 Å². The van der Waals surface area contributed by atoms with Gasteiger partial charge in [0, 0.05) is 31.5 Å². The maximum absolute atomic E-state index is 11.9. The molecular weight excluding hydrogens is 242 g/mol. The first kappa shape index (κ1) is 13.8. The van der Waals surface area contributed by atoms with E-state index in [4.69, 9.17) is 4.74 Å². The average Bonchev–Trinajstić information content (AvgIpc) is 2.48. The summed E-state index contributed by atoms with van der Waals surface area (Å²) in [5.74, 6) is -0.0939. The molecule has 1 aromatic rings. The second-order valence-corrected chi connectivity index (χ2v) is 4.61. The molecule has 19 heavy (non-hydrogen) atoms. The van der Waals surface area contributed by atoms with Crippen molar-refractivity contribution in [3.63, 3.8) is 0 Å². The molecule has 1 fully saturated rings. The number of nitrogens with one attached hydrogen (secondary N) is 1. The molecule has 1 amide bonds. The van der Waals surface area contributed by atoms with E-state index in [9.17, 15) is 4.79 Å². The zero-order chi connectivity index (χ0) is 13.5. The van der Waals surface area contributed by atoms with Gasteiger partial charge in [-0.1, -0.05) is 13.3 Å². The number of hydrogen-bond donors (Lipinski definition) is 1. The number of anilines is 1. The summed E-state index contributed by atoms with van der Waals surface area (Å²) >= 11 is 0. The van der Waals surface area contributed by atoms with Crippen molar-refractivity contribution in [1.82, 2.24) is 10.3 Å². The number of carbonyl (C=O) groups excluding carboxylic acids is 1. The van der Waals surface area contributed by atoms with E-state index in [-0.39, 0.29) is 5.91 Å². The minimum Gasteiger partial charge on any atom is -0.378 e. The van der Waals surface area contributed by atoms with Gasteiger partial charge in [0.05, 0.1) is 13.2 Å². The summed E-state index contributed by atoms with van der Waals surface area (Å²) in [6.07, 6.45) is 3.76. The van der Waals surface area contributed by atoms with Crippen LogP contribution in [0.3, 0.4) is 0 Å². The van der Waals surface area contributed by atoms with Gasteiger partial charge < -0.3 is 15.0 Å². The highest BCUT2D eigenvalue weighted by Crippen LogP contribution is 2.15. The zero-order valence-electron chi connectivity index (χ0n) is 11.4. The standard InChI is InChI=1S/C14H21N3O2/c1-2-3-5-16-14(18)13-11-12(4-6-15-13)17-7-9-19-10-8-17/h4,6,11H,2-3,5,7-10H2,1H3,(H,16,18). The summed E-state index contributed by atoms with van der Waals surface area (Å²) < 4.78 is 5.33. The monoisotopic (exact) mass is 263 g/mol. The molecule has 1 aliphatic rings. The first-order chi connectivity index (χ1) is 9.31. The fourth-order valence-electron chi connectivity index (χ4n) is 2.03. The smallest absolute Gasteiger partial charge is 0.269 e. The first-order valence-corrected chi connectivity index (χ1v) is 6.88. The molecule has 0 aliphatic carbocycles. The number of nitrogens with zero attached hydrogens (tertiary/aromatic N) is 2. The Morgan fingerprint density at radius 3 is 3.00 bits per heavy atom. The number of carbonyl (C=O) groups is 1. The van der Waals surface area contributed by atoms with Crippen LogP contribution in [0.4, 0.5) is 5.69 Å². The number of hydrogen-bond acceptors (Lipinski definition) is 4. The number of rotatable bonds is 5. The fraction of sp³-hybridized carbons (Fsp3) is 0.571. The van der Waals surface area contributed by atoms with E-state index in [0.29, 0.717) is 12.2 Å². The molecule has 0 aromatic carbocycles. The number of morpholine rings is 1. The highest BCUT2D eigenvalue weighted by atomic mass is 16.5. The highest BCUT2D eigenvalue weighted by molar-refractivity contribution is 5.93. The number of unbranched alkanes of at least 4 members (excludes halogenated alkanes) is 1. The van der Waals surface area contributed by atoms with E-state index in [2.05, 4.69) is 22.1 Å². The first-order valence-electron chi connectivity index (χ1n) is 6.88. The number of aromatic nitrogens is 1. The second-order valence-electron chi connectivity index (χ2n) is 4.61. The van der Waals surface area contributed by atoms with E-state index in [0.717, 1.165) is 44.8 Å². The third kappa shape index (κ3) is 3.92. The Morgan fingerprint density at radius 1 is 1.47 bits per heavy atom. The van der Waals surface area contributed by atoms with Crippen LogP contribution < -0.4 is 10.2 Å². The Labute approximate surface area is 114 Å². The Hall–Kier alpha value is -1.62. The van der Waals surface area contributed by atoms with Gasteiger partial charge in [0.15, 0.2) is 0 Å². The largest absolute Gasteiger partial charge is 0.378 e. The second kappa shape index (κ2) is 7.09. The van der Waals surface area contributed by atoms with Crippen molar-refractivity contribution >= 4 is 11.6 Å². The topological polar surface area (TPSA) is 54.5 Å². The maximum atomic E-state index is 11.9. The van der Waals surface area contributed by atoms with Crippen molar-refractivity contribution in [3.05, 3.63) is 24.0 Å². The van der Waals surface area contributed by atoms with Crippen molar-refractivity contribution < 1.29 is 9.53 Å². The van der Waals surface area contributed by atoms with Gasteiger partial charge in [-0.3, -0.25) is 9.78 Å². The fourth-order valence-corrected chi connectivity index (χ4v) is 2.03. The molecule has 1 aliphatic heterocycles. The summed E-state index contributed by atoms with van der Waals surface area (Å²) in [4.78, 5) is 18.3. The molecule has 1 saturated heterocycles. The van der Waals surface area contributed by atoms with E-state index >= 15 is 0 Å². The molecule has 0 atom stereocenters. The Bertz CT molecular complexity index is 417. The summed E-state index contributed by atoms with van der Waals surface area (Å²) in [7, 11) is 0. The van der Waals surface area contributed by atoms with Crippen LogP contribution in [0.1, 0.15) is 30.3 Å². The summed E-state index contributed by atoms with van der Waals surface area (Å²) in [5, 5.41) is 2.89. The summed E-state index contributed by atoms with van der Waals surface area (Å²) in [6, 6.07) is 3.79. The van der Waals surface area contributed by atoms with Crippen LogP contribution in [-0.2, 0) is 4.74 Å². The van der Waals surface area contributed by atoms with E-state index in [1.54, 1.807) is 6.20 Å². The van der Waals surface area contributed by atoms with Crippen LogP contribution >= 0.6 is 0 Å². The molecular formula is C14H21N3O2. The normalized spacial score (nSPS) is 15.3. The van der Waals surface area contributed by atoms with Crippen LogP contribution in [0.25, 0.3) is 0 Å². The Morgan fingerprint density at radius 2 is 2.26 bits per heavy atom. The van der Waals surface area contributed by atoms with E-state index in [1.807, 2.05) is 12.1 Å². The lowest BCUT2D eigenvalue weighted by atomic mass is 10.2. The third-order valence-electron chi connectivity index (χ3n) is 3.17. The van der Waals surface area contributed by atoms with Crippen LogP contribution in [0.5, 0.6) is 0 Å². The van der Waals surface area contributed by atoms with Crippen molar-refractivity contribution in [1.29, 1.82) is 0 Å². The lowest BCUT2D eigenvalue weighted by molar-refractivity contribution is 0.0948. The molecule has 1 aromatic heterocycles. The minimum absolute atomic E-state index is 0.0939. The third-order valence-corrected chi connectivity index (χ3v) is 3.17. The summed E-state index contributed by atoms with van der Waals surface area (Å²) in [5.41, 5.74) is 1.53. The number of amides is 1. The number of ether oxygens (including phenoxy) is 1. The van der Waals surface area contributed by atoms with Crippen molar-refractivity contribution in [2.24, 2.45) is 0 Å². The van der Waals surface area contributed by atoms with Crippen molar-refractivity contribution in [3.8, 4) is 0 Å². The molecule has 5 heteroatoms. The predicted octanol–water partition coefficient (Wildman–Crippen LogP) is 1.45. The van der Waals surface area contributed by atoms with E-state index in [1.165, 1.54) is 0 Å². The maximum Gasteiger partial charge on any atom is 0.269 e. The molecule has 0 spiro atoms. The van der Waals surface area contributed by atoms with Crippen LogP contribution in [0.2, 0.25) is 0 Å². The highest BCUT2D eigenvalue weighted by Gasteiger charge is 2.13. The molecule has 0 radical (unpaired) electrons. The van der Waals surface area contributed by atoms with Crippen LogP contribution in [0.15, 0.2) is 18.3 Å². The van der Waals surface area contributed by atoms with Crippen LogP contribution in [-0.4, -0.2) is 43.7 Å². The van der Waals surface area contributed by atoms with Gasteiger partial charge in [-0.25, -0.2) is 0 Å². The van der Waals surface area contributed by atoms with Gasteiger partial charge >= 0.3 is 0 Å². The SMILES string of the molecule is CCCCNC(=O)c1cc(N2CCOCC2)ccn1. The quantitative estimate of drug-likeness (QED) is 0.817. The Kier molecular flexibility index (Phi) is 5.15. The molecule has 0 saturated carbocycles. The van der Waals surface area contributed by atoms with Crippen molar-refractivity contribution in [2.75, 3.05) is 37.7 Å². The van der Waals surface area contributed by atoms with Gasteiger partial charge in [-0.2, -0.15) is 0 Å². The van der Waals surface area contributed by atoms with E-state index < -0.39 is 0 Å². The molecule has 104 valence electrons. The lowest BCUT2D eigenvalue weighted by Crippen LogP contribution is -2.36.